The number of hydrogen-bond donors (Lipinski definition) is 2. The van der Waals surface area contributed by atoms with Crippen molar-refractivity contribution in [3.63, 3.8) is 0 Å². The van der Waals surface area contributed by atoms with Crippen LogP contribution in [0.5, 0.6) is 0 Å². The highest BCUT2D eigenvalue weighted by Crippen LogP contribution is 2.18. The molecule has 2 amide bonds. The van der Waals surface area contributed by atoms with E-state index in [9.17, 15) is 19.5 Å². The molecule has 0 fully saturated rings. The minimum Gasteiger partial charge on any atom is -0.445 e. The molecule has 3 aromatic rings. The zero-order chi connectivity index (χ0) is 25.8. The molecule has 1 aromatic carbocycles. The summed E-state index contributed by atoms with van der Waals surface area (Å²) in [5, 5.41) is 16.8. The lowest BCUT2D eigenvalue weighted by Crippen LogP contribution is -2.51. The number of aliphatic hydroxyl groups excluding tert-OH is 1. The van der Waals surface area contributed by atoms with E-state index in [-0.39, 0.29) is 12.4 Å². The van der Waals surface area contributed by atoms with Crippen molar-refractivity contribution < 1.29 is 29.0 Å². The quantitative estimate of drug-likeness (QED) is 0.546. The second kappa shape index (κ2) is 10.5. The molecule has 0 radical (unpaired) electrons. The molecular formula is C24H29N5O6. The first-order valence-corrected chi connectivity index (χ1v) is 11.0. The van der Waals surface area contributed by atoms with Crippen LogP contribution in [0.4, 0.5) is 15.4 Å². The number of carbonyl (C=O) groups is 3. The molecule has 0 aliphatic heterocycles. The summed E-state index contributed by atoms with van der Waals surface area (Å²) < 4.78 is 11.7. The largest absolute Gasteiger partial charge is 0.445 e. The van der Waals surface area contributed by atoms with Crippen LogP contribution in [0.2, 0.25) is 0 Å². The van der Waals surface area contributed by atoms with E-state index in [0.29, 0.717) is 11.0 Å². The van der Waals surface area contributed by atoms with Gasteiger partial charge < -0.3 is 19.9 Å². The first-order chi connectivity index (χ1) is 16.5. The van der Waals surface area contributed by atoms with Crippen LogP contribution < -0.4 is 5.32 Å². The number of aliphatic hydroxyl groups is 1. The Bertz CT molecular complexity index is 1200. The molecule has 186 valence electrons. The molecule has 2 heterocycles. The Morgan fingerprint density at radius 2 is 1.83 bits per heavy atom. The van der Waals surface area contributed by atoms with Crippen LogP contribution in [0.1, 0.15) is 33.3 Å². The summed E-state index contributed by atoms with van der Waals surface area (Å²) in [6.07, 6.45) is -1.25. The number of pyridine rings is 1. The molecule has 3 rings (SSSR count). The minimum atomic E-state index is -1.24. The SMILES string of the molecule is C[C@@H](O)[C@H](C(=O)Nc1ccc2c(cnn2C(=O)OC(C)(C)C)n1)N(C)C(=O)OCc1ccccc1. The number of ether oxygens (including phenoxy) is 2. The number of hydrogen-bond acceptors (Lipinski definition) is 8. The normalized spacial score (nSPS) is 13.1. The summed E-state index contributed by atoms with van der Waals surface area (Å²) in [4.78, 5) is 43.1. The van der Waals surface area contributed by atoms with Gasteiger partial charge in [0, 0.05) is 7.05 Å². The summed E-state index contributed by atoms with van der Waals surface area (Å²) in [7, 11) is 1.37. The smallest absolute Gasteiger partial charge is 0.435 e. The van der Waals surface area contributed by atoms with Crippen molar-refractivity contribution in [3.8, 4) is 0 Å². The highest BCUT2D eigenvalue weighted by Gasteiger charge is 2.32. The maximum Gasteiger partial charge on any atom is 0.435 e. The van der Waals surface area contributed by atoms with Crippen LogP contribution in [0.15, 0.2) is 48.7 Å². The van der Waals surface area contributed by atoms with Crippen molar-refractivity contribution in [2.24, 2.45) is 0 Å². The first kappa shape index (κ1) is 25.6. The van der Waals surface area contributed by atoms with Crippen LogP contribution in [-0.2, 0) is 20.9 Å². The number of rotatable bonds is 6. The van der Waals surface area contributed by atoms with Gasteiger partial charge in [-0.3, -0.25) is 9.69 Å². The minimum absolute atomic E-state index is 0.0258. The van der Waals surface area contributed by atoms with Crippen LogP contribution in [0.25, 0.3) is 11.0 Å². The summed E-state index contributed by atoms with van der Waals surface area (Å²) in [6, 6.07) is 10.9. The fourth-order valence-electron chi connectivity index (χ4n) is 3.29. The Kier molecular flexibility index (Phi) is 7.70. The standard InChI is InChI=1S/C24H29N5O6/c1-15(30)20(28(5)22(32)34-14-16-9-7-6-8-10-16)21(31)27-19-12-11-18-17(26-19)13-25-29(18)23(33)35-24(2,3)4/h6-13,15,20,30H,14H2,1-5H3,(H,26,27,31)/t15-,20-/m1/s1. The Hall–Kier alpha value is -3.99. The molecule has 35 heavy (non-hydrogen) atoms. The van der Waals surface area contributed by atoms with E-state index < -0.39 is 35.8 Å². The average Bonchev–Trinajstić information content (AvgIpc) is 3.20. The van der Waals surface area contributed by atoms with Gasteiger partial charge in [0.05, 0.1) is 17.8 Å². The van der Waals surface area contributed by atoms with Crippen molar-refractivity contribution >= 4 is 34.9 Å². The fourth-order valence-corrected chi connectivity index (χ4v) is 3.29. The van der Waals surface area contributed by atoms with Crippen LogP contribution >= 0.6 is 0 Å². The van der Waals surface area contributed by atoms with E-state index in [4.69, 9.17) is 9.47 Å². The molecule has 2 atom stereocenters. The Labute approximate surface area is 202 Å². The molecule has 0 bridgehead atoms. The van der Waals surface area contributed by atoms with Crippen LogP contribution in [0, 0.1) is 0 Å². The third kappa shape index (κ3) is 6.54. The molecule has 0 aliphatic carbocycles. The summed E-state index contributed by atoms with van der Waals surface area (Å²) in [6.45, 7) is 6.66. The highest BCUT2D eigenvalue weighted by atomic mass is 16.6. The van der Waals surface area contributed by atoms with Gasteiger partial charge in [0.15, 0.2) is 0 Å². The second-order valence-corrected chi connectivity index (χ2v) is 8.96. The average molecular weight is 484 g/mol. The van der Waals surface area contributed by atoms with Gasteiger partial charge in [0.25, 0.3) is 5.91 Å². The molecule has 2 aromatic heterocycles. The number of amides is 2. The molecule has 0 saturated heterocycles. The third-order valence-corrected chi connectivity index (χ3v) is 4.88. The predicted octanol–water partition coefficient (Wildman–Crippen LogP) is 3.17. The summed E-state index contributed by atoms with van der Waals surface area (Å²) in [5.74, 6) is -0.506. The van der Waals surface area contributed by atoms with Crippen molar-refractivity contribution in [3.05, 3.63) is 54.2 Å². The number of carbonyl (C=O) groups excluding carboxylic acids is 3. The van der Waals surface area contributed by atoms with Gasteiger partial charge >= 0.3 is 12.2 Å². The Morgan fingerprint density at radius 1 is 1.14 bits per heavy atom. The van der Waals surface area contributed by atoms with E-state index in [1.54, 1.807) is 39.0 Å². The lowest BCUT2D eigenvalue weighted by Gasteiger charge is -2.28. The Morgan fingerprint density at radius 3 is 2.46 bits per heavy atom. The van der Waals surface area contributed by atoms with Crippen LogP contribution in [0.3, 0.4) is 0 Å². The monoisotopic (exact) mass is 483 g/mol. The Balaban J connectivity index is 1.70. The van der Waals surface area contributed by atoms with E-state index in [1.807, 2.05) is 18.2 Å². The van der Waals surface area contributed by atoms with Crippen molar-refractivity contribution in [2.45, 2.75) is 52.0 Å². The molecular weight excluding hydrogens is 454 g/mol. The van der Waals surface area contributed by atoms with E-state index >= 15 is 0 Å². The number of likely N-dealkylation sites (N-methyl/N-ethyl adjacent to an activating group) is 1. The number of aromatic nitrogens is 3. The molecule has 0 aliphatic rings. The fraction of sp³-hybridized carbons (Fsp3) is 0.375. The van der Waals surface area contributed by atoms with Crippen molar-refractivity contribution in [2.75, 3.05) is 12.4 Å². The summed E-state index contributed by atoms with van der Waals surface area (Å²) >= 11 is 0. The van der Waals surface area contributed by atoms with E-state index in [1.165, 1.54) is 26.2 Å². The van der Waals surface area contributed by atoms with Gasteiger partial charge in [-0.1, -0.05) is 30.3 Å². The highest BCUT2D eigenvalue weighted by molar-refractivity contribution is 5.97. The van der Waals surface area contributed by atoms with Gasteiger partial charge in [-0.05, 0) is 45.4 Å². The van der Waals surface area contributed by atoms with Gasteiger partial charge in [0.2, 0.25) is 0 Å². The van der Waals surface area contributed by atoms with E-state index in [2.05, 4.69) is 15.4 Å². The van der Waals surface area contributed by atoms with Crippen molar-refractivity contribution in [1.82, 2.24) is 19.7 Å². The number of benzene rings is 1. The second-order valence-electron chi connectivity index (χ2n) is 8.96. The van der Waals surface area contributed by atoms with Crippen molar-refractivity contribution in [1.29, 1.82) is 0 Å². The van der Waals surface area contributed by atoms with Gasteiger partial charge in [-0.25, -0.2) is 14.6 Å². The van der Waals surface area contributed by atoms with Gasteiger partial charge in [0.1, 0.15) is 29.6 Å². The molecule has 2 N–H and O–H groups in total. The maximum atomic E-state index is 12.9. The lowest BCUT2D eigenvalue weighted by molar-refractivity contribution is -0.123. The van der Waals surface area contributed by atoms with E-state index in [0.717, 1.165) is 15.1 Å². The molecule has 0 unspecified atom stereocenters. The number of fused-ring (bicyclic) bond motifs is 1. The molecule has 11 heteroatoms. The maximum absolute atomic E-state index is 12.9. The topological polar surface area (TPSA) is 136 Å². The number of nitrogens with zero attached hydrogens (tertiary/aromatic N) is 4. The lowest BCUT2D eigenvalue weighted by atomic mass is 10.1. The summed E-state index contributed by atoms with van der Waals surface area (Å²) in [5.41, 5.74) is 0.835. The first-order valence-electron chi connectivity index (χ1n) is 11.0. The third-order valence-electron chi connectivity index (χ3n) is 4.88. The van der Waals surface area contributed by atoms with Gasteiger partial charge in [-0.2, -0.15) is 9.78 Å². The predicted molar refractivity (Wildman–Crippen MR) is 128 cm³/mol. The number of anilines is 1. The molecule has 0 saturated carbocycles. The molecule has 0 spiro atoms. The van der Waals surface area contributed by atoms with Gasteiger partial charge in [-0.15, -0.1) is 0 Å². The van der Waals surface area contributed by atoms with Crippen LogP contribution in [-0.4, -0.2) is 67.7 Å². The zero-order valence-corrected chi connectivity index (χ0v) is 20.3. The molecule has 11 nitrogen and oxygen atoms in total. The zero-order valence-electron chi connectivity index (χ0n) is 20.3. The number of nitrogens with one attached hydrogen (secondary N) is 1.